The summed E-state index contributed by atoms with van der Waals surface area (Å²) >= 11 is 1.72. The molecule has 0 saturated carbocycles. The first-order valence-corrected chi connectivity index (χ1v) is 10.9. The molecule has 0 spiro atoms. The first-order valence-electron chi connectivity index (χ1n) is 9.97. The lowest BCUT2D eigenvalue weighted by atomic mass is 10.0. The van der Waals surface area contributed by atoms with Gasteiger partial charge in [0.25, 0.3) is 0 Å². The molecule has 1 aliphatic rings. The lowest BCUT2D eigenvalue weighted by Crippen LogP contribution is -2.51. The molecule has 3 rings (SSSR count). The highest BCUT2D eigenvalue weighted by Gasteiger charge is 2.21. The van der Waals surface area contributed by atoms with Crippen LogP contribution >= 0.6 is 11.3 Å². The van der Waals surface area contributed by atoms with Crippen LogP contribution in [0.25, 0.3) is 0 Å². The monoisotopic (exact) mass is 385 g/mol. The second-order valence-corrected chi connectivity index (χ2v) is 7.99. The molecule has 2 heterocycles. The number of hydrogen-bond acceptors (Lipinski definition) is 4. The van der Waals surface area contributed by atoms with Crippen LogP contribution < -0.4 is 15.5 Å². The van der Waals surface area contributed by atoms with Gasteiger partial charge in [0.1, 0.15) is 0 Å². The van der Waals surface area contributed by atoms with Crippen molar-refractivity contribution in [1.29, 1.82) is 0 Å². The fourth-order valence-corrected chi connectivity index (χ4v) is 4.08. The summed E-state index contributed by atoms with van der Waals surface area (Å²) in [5.74, 6) is 0.888. The van der Waals surface area contributed by atoms with E-state index in [-0.39, 0.29) is 0 Å². The Balaban J connectivity index is 1.61. The fourth-order valence-electron chi connectivity index (χ4n) is 3.34. The summed E-state index contributed by atoms with van der Waals surface area (Å²) in [4.78, 5) is 11.8. The highest BCUT2D eigenvalue weighted by molar-refractivity contribution is 7.09. The van der Waals surface area contributed by atoms with E-state index >= 15 is 0 Å². The molecule has 27 heavy (non-hydrogen) atoms. The summed E-state index contributed by atoms with van der Waals surface area (Å²) in [5.41, 5.74) is 3.67. The molecule has 1 aliphatic heterocycles. The Morgan fingerprint density at radius 2 is 2.11 bits per heavy atom. The molecule has 1 aromatic carbocycles. The van der Waals surface area contributed by atoms with E-state index in [0.717, 1.165) is 37.7 Å². The van der Waals surface area contributed by atoms with Crippen LogP contribution in [0, 0.1) is 6.92 Å². The predicted octanol–water partition coefficient (Wildman–Crippen LogP) is 3.74. The van der Waals surface area contributed by atoms with Crippen molar-refractivity contribution in [3.8, 4) is 0 Å². The third kappa shape index (κ3) is 5.70. The van der Waals surface area contributed by atoms with Crippen LogP contribution in [-0.2, 0) is 13.0 Å². The SMILES string of the molecule is CCNC(=NCc1csc(CC)n1)NC1CCCN(c2ccc(C)cc2)C1. The molecule has 1 atom stereocenters. The van der Waals surface area contributed by atoms with Gasteiger partial charge in [-0.3, -0.25) is 0 Å². The van der Waals surface area contributed by atoms with Crippen molar-refractivity contribution in [3.63, 3.8) is 0 Å². The van der Waals surface area contributed by atoms with Crippen molar-refractivity contribution in [2.75, 3.05) is 24.5 Å². The normalized spacial score (nSPS) is 17.8. The summed E-state index contributed by atoms with van der Waals surface area (Å²) in [5, 5.41) is 10.3. The Morgan fingerprint density at radius 3 is 2.81 bits per heavy atom. The summed E-state index contributed by atoms with van der Waals surface area (Å²) < 4.78 is 0. The number of thiazole rings is 1. The molecule has 5 nitrogen and oxygen atoms in total. The van der Waals surface area contributed by atoms with Crippen LogP contribution in [0.15, 0.2) is 34.6 Å². The number of nitrogens with zero attached hydrogens (tertiary/aromatic N) is 3. The van der Waals surface area contributed by atoms with E-state index in [2.05, 4.69) is 70.9 Å². The van der Waals surface area contributed by atoms with Crippen molar-refractivity contribution in [1.82, 2.24) is 15.6 Å². The van der Waals surface area contributed by atoms with Crippen LogP contribution in [0.5, 0.6) is 0 Å². The Labute approximate surface area is 166 Å². The molecular weight excluding hydrogens is 354 g/mol. The standard InChI is InChI=1S/C21H31N5S/c1-4-20-24-18(15-27-20)13-23-21(22-5-2)25-17-7-6-12-26(14-17)19-10-8-16(3)9-11-19/h8-11,15,17H,4-7,12-14H2,1-3H3,(H2,22,23,25). The number of aryl methyl sites for hydroxylation is 2. The number of hydrogen-bond donors (Lipinski definition) is 2. The van der Waals surface area contributed by atoms with Crippen molar-refractivity contribution in [2.24, 2.45) is 4.99 Å². The van der Waals surface area contributed by atoms with Gasteiger partial charge in [-0.1, -0.05) is 24.6 Å². The Kier molecular flexibility index (Phi) is 7.10. The molecule has 0 radical (unpaired) electrons. The van der Waals surface area contributed by atoms with E-state index in [1.165, 1.54) is 29.1 Å². The number of guanidine groups is 1. The highest BCUT2D eigenvalue weighted by atomic mass is 32.1. The number of rotatable bonds is 6. The summed E-state index contributed by atoms with van der Waals surface area (Å²) in [6, 6.07) is 9.24. The molecule has 0 aliphatic carbocycles. The molecule has 0 bridgehead atoms. The van der Waals surface area contributed by atoms with Gasteiger partial charge in [-0.25, -0.2) is 9.98 Å². The quantitative estimate of drug-likeness (QED) is 0.588. The minimum absolute atomic E-state index is 0.402. The first kappa shape index (κ1) is 19.7. The zero-order valence-corrected chi connectivity index (χ0v) is 17.5. The summed E-state index contributed by atoms with van der Waals surface area (Å²) in [7, 11) is 0. The van der Waals surface area contributed by atoms with E-state index in [0.29, 0.717) is 12.6 Å². The molecule has 146 valence electrons. The third-order valence-electron chi connectivity index (χ3n) is 4.81. The molecular formula is C21H31N5S. The summed E-state index contributed by atoms with van der Waals surface area (Å²) in [6.45, 7) is 9.99. The van der Waals surface area contributed by atoms with Crippen LogP contribution in [0.2, 0.25) is 0 Å². The molecule has 1 saturated heterocycles. The molecule has 2 aromatic rings. The van der Waals surface area contributed by atoms with Gasteiger partial charge in [0.15, 0.2) is 5.96 Å². The van der Waals surface area contributed by atoms with Crippen LogP contribution in [0.1, 0.15) is 43.0 Å². The van der Waals surface area contributed by atoms with Crippen molar-refractivity contribution >= 4 is 23.0 Å². The van der Waals surface area contributed by atoms with E-state index < -0.39 is 0 Å². The van der Waals surface area contributed by atoms with Gasteiger partial charge in [0.05, 0.1) is 17.2 Å². The topological polar surface area (TPSA) is 52.6 Å². The van der Waals surface area contributed by atoms with Gasteiger partial charge >= 0.3 is 0 Å². The second kappa shape index (κ2) is 9.74. The van der Waals surface area contributed by atoms with Crippen LogP contribution in [0.3, 0.4) is 0 Å². The third-order valence-corrected chi connectivity index (χ3v) is 5.85. The lowest BCUT2D eigenvalue weighted by Gasteiger charge is -2.35. The molecule has 1 unspecified atom stereocenters. The van der Waals surface area contributed by atoms with Crippen molar-refractivity contribution in [2.45, 2.75) is 52.6 Å². The molecule has 0 amide bonds. The number of benzene rings is 1. The lowest BCUT2D eigenvalue weighted by molar-refractivity contribution is 0.468. The van der Waals surface area contributed by atoms with E-state index in [4.69, 9.17) is 4.99 Å². The highest BCUT2D eigenvalue weighted by Crippen LogP contribution is 2.20. The zero-order valence-electron chi connectivity index (χ0n) is 16.7. The van der Waals surface area contributed by atoms with Gasteiger partial charge in [0, 0.05) is 36.7 Å². The Morgan fingerprint density at radius 1 is 1.30 bits per heavy atom. The Hall–Kier alpha value is -2.08. The second-order valence-electron chi connectivity index (χ2n) is 7.05. The van der Waals surface area contributed by atoms with Gasteiger partial charge in [0.2, 0.25) is 0 Å². The van der Waals surface area contributed by atoms with Gasteiger partial charge < -0.3 is 15.5 Å². The maximum Gasteiger partial charge on any atom is 0.191 e. The number of piperidine rings is 1. The molecule has 2 N–H and O–H groups in total. The van der Waals surface area contributed by atoms with E-state index in [9.17, 15) is 0 Å². The van der Waals surface area contributed by atoms with Crippen LogP contribution in [-0.4, -0.2) is 36.6 Å². The van der Waals surface area contributed by atoms with Gasteiger partial charge in [-0.05, 0) is 45.2 Å². The van der Waals surface area contributed by atoms with E-state index in [1.807, 2.05) is 0 Å². The van der Waals surface area contributed by atoms with Crippen molar-refractivity contribution in [3.05, 3.63) is 45.9 Å². The van der Waals surface area contributed by atoms with Gasteiger partial charge in [-0.15, -0.1) is 11.3 Å². The maximum atomic E-state index is 4.75. The summed E-state index contributed by atoms with van der Waals surface area (Å²) in [6.07, 6.45) is 3.35. The van der Waals surface area contributed by atoms with Crippen LogP contribution in [0.4, 0.5) is 5.69 Å². The van der Waals surface area contributed by atoms with E-state index in [1.54, 1.807) is 11.3 Å². The average Bonchev–Trinajstić information content (AvgIpc) is 3.15. The van der Waals surface area contributed by atoms with Crippen molar-refractivity contribution < 1.29 is 0 Å². The number of aromatic nitrogens is 1. The fraction of sp³-hybridized carbons (Fsp3) is 0.524. The minimum atomic E-state index is 0.402. The smallest absolute Gasteiger partial charge is 0.191 e. The predicted molar refractivity (Wildman–Crippen MR) is 116 cm³/mol. The largest absolute Gasteiger partial charge is 0.369 e. The Bertz CT molecular complexity index is 737. The number of anilines is 1. The maximum absolute atomic E-state index is 4.75. The molecule has 1 fully saturated rings. The zero-order chi connectivity index (χ0) is 19.1. The molecule has 1 aromatic heterocycles. The minimum Gasteiger partial charge on any atom is -0.369 e. The first-order chi connectivity index (χ1) is 13.2. The average molecular weight is 386 g/mol. The number of aliphatic imine (C=N–C) groups is 1. The van der Waals surface area contributed by atoms with Gasteiger partial charge in [-0.2, -0.15) is 0 Å². The molecule has 6 heteroatoms. The number of nitrogens with one attached hydrogen (secondary N) is 2.